The fraction of sp³-hybridized carbons (Fsp3) is 0.615. The van der Waals surface area contributed by atoms with E-state index < -0.39 is 10.0 Å². The van der Waals surface area contributed by atoms with Gasteiger partial charge in [0.2, 0.25) is 10.0 Å². The van der Waals surface area contributed by atoms with Crippen LogP contribution in [0.15, 0.2) is 18.3 Å². The number of sulfonamides is 1. The minimum atomic E-state index is -3.04. The summed E-state index contributed by atoms with van der Waals surface area (Å²) in [4.78, 5) is 4.28. The molecule has 0 amide bonds. The minimum absolute atomic E-state index is 0.415. The molecular weight excluding hydrogens is 248 g/mol. The van der Waals surface area contributed by atoms with Crippen LogP contribution in [0.3, 0.4) is 0 Å². The van der Waals surface area contributed by atoms with Crippen molar-refractivity contribution in [1.82, 2.24) is 9.29 Å². The number of pyridine rings is 1. The molecule has 1 atom stereocenters. The van der Waals surface area contributed by atoms with Crippen LogP contribution < -0.4 is 0 Å². The van der Waals surface area contributed by atoms with Crippen LogP contribution in [0.4, 0.5) is 0 Å². The lowest BCUT2D eigenvalue weighted by atomic mass is 9.93. The molecule has 0 bridgehead atoms. The zero-order valence-electron chi connectivity index (χ0n) is 11.0. The minimum Gasteiger partial charge on any atom is -0.261 e. The van der Waals surface area contributed by atoms with E-state index in [1.807, 2.05) is 19.2 Å². The van der Waals surface area contributed by atoms with E-state index in [0.29, 0.717) is 19.0 Å². The lowest BCUT2D eigenvalue weighted by Crippen LogP contribution is -2.39. The van der Waals surface area contributed by atoms with Gasteiger partial charge in [-0.2, -0.15) is 0 Å². The molecule has 0 unspecified atom stereocenters. The van der Waals surface area contributed by atoms with Crippen LogP contribution >= 0.6 is 0 Å². The molecule has 1 aromatic heterocycles. The van der Waals surface area contributed by atoms with E-state index in [9.17, 15) is 8.42 Å². The van der Waals surface area contributed by atoms with E-state index >= 15 is 0 Å². The van der Waals surface area contributed by atoms with E-state index in [4.69, 9.17) is 0 Å². The third kappa shape index (κ3) is 3.53. The van der Waals surface area contributed by atoms with Crippen molar-refractivity contribution < 1.29 is 8.42 Å². The van der Waals surface area contributed by atoms with E-state index in [1.54, 1.807) is 4.31 Å². The fourth-order valence-electron chi connectivity index (χ4n) is 2.45. The monoisotopic (exact) mass is 268 g/mol. The standard InChI is InChI=1S/C13H20N2O2S/c1-11-5-6-12(9-14-11)8-13-4-3-7-15(10-13)18(2,16)17/h5-6,9,13H,3-4,7-8,10H2,1-2H3/t13-/m0/s1. The summed E-state index contributed by atoms with van der Waals surface area (Å²) in [6.45, 7) is 3.28. The predicted molar refractivity (Wildman–Crippen MR) is 71.8 cm³/mol. The molecule has 0 aromatic carbocycles. The van der Waals surface area contributed by atoms with E-state index in [2.05, 4.69) is 11.1 Å². The molecule has 2 heterocycles. The average molecular weight is 268 g/mol. The van der Waals surface area contributed by atoms with Crippen LogP contribution in [0.5, 0.6) is 0 Å². The largest absolute Gasteiger partial charge is 0.261 e. The van der Waals surface area contributed by atoms with Gasteiger partial charge in [0.15, 0.2) is 0 Å². The Kier molecular flexibility index (Phi) is 4.02. The summed E-state index contributed by atoms with van der Waals surface area (Å²) >= 11 is 0. The van der Waals surface area contributed by atoms with Crippen molar-refractivity contribution in [1.29, 1.82) is 0 Å². The second-order valence-corrected chi connectivity index (χ2v) is 7.12. The Morgan fingerprint density at radius 1 is 1.44 bits per heavy atom. The number of hydrogen-bond acceptors (Lipinski definition) is 3. The number of aromatic nitrogens is 1. The highest BCUT2D eigenvalue weighted by atomic mass is 32.2. The summed E-state index contributed by atoms with van der Waals surface area (Å²) in [6, 6.07) is 4.09. The Bertz CT molecular complexity index is 496. The molecule has 18 heavy (non-hydrogen) atoms. The molecule has 0 radical (unpaired) electrons. The maximum atomic E-state index is 11.5. The van der Waals surface area contributed by atoms with Crippen molar-refractivity contribution in [2.45, 2.75) is 26.2 Å². The molecule has 0 aliphatic carbocycles. The topological polar surface area (TPSA) is 50.3 Å². The van der Waals surface area contributed by atoms with Gasteiger partial charge >= 0.3 is 0 Å². The zero-order valence-corrected chi connectivity index (χ0v) is 11.8. The quantitative estimate of drug-likeness (QED) is 0.836. The number of nitrogens with zero attached hydrogens (tertiary/aromatic N) is 2. The Morgan fingerprint density at radius 3 is 2.83 bits per heavy atom. The Morgan fingerprint density at radius 2 is 2.22 bits per heavy atom. The van der Waals surface area contributed by atoms with Crippen molar-refractivity contribution in [3.05, 3.63) is 29.6 Å². The molecular formula is C13H20N2O2S. The third-order valence-electron chi connectivity index (χ3n) is 3.45. The van der Waals surface area contributed by atoms with Gasteiger partial charge in [0.1, 0.15) is 0 Å². The molecule has 100 valence electrons. The average Bonchev–Trinajstić information content (AvgIpc) is 2.31. The molecule has 1 fully saturated rings. The predicted octanol–water partition coefficient (Wildman–Crippen LogP) is 1.60. The van der Waals surface area contributed by atoms with Crippen molar-refractivity contribution >= 4 is 10.0 Å². The van der Waals surface area contributed by atoms with Crippen LogP contribution in [-0.4, -0.2) is 37.1 Å². The first-order valence-corrected chi connectivity index (χ1v) is 8.16. The Labute approximate surface area is 109 Å². The number of aryl methyl sites for hydroxylation is 1. The summed E-state index contributed by atoms with van der Waals surface area (Å²) in [5.74, 6) is 0.415. The first-order valence-electron chi connectivity index (χ1n) is 6.32. The lowest BCUT2D eigenvalue weighted by Gasteiger charge is -2.30. The molecule has 4 nitrogen and oxygen atoms in total. The smallest absolute Gasteiger partial charge is 0.211 e. The summed E-state index contributed by atoms with van der Waals surface area (Å²) in [6.07, 6.45) is 6.16. The SMILES string of the molecule is Cc1ccc(C[C@@H]2CCCN(S(C)(=O)=O)C2)cn1. The Hall–Kier alpha value is -0.940. The zero-order chi connectivity index (χ0) is 13.2. The highest BCUT2D eigenvalue weighted by Crippen LogP contribution is 2.22. The van der Waals surface area contributed by atoms with Gasteiger partial charge in [-0.3, -0.25) is 4.98 Å². The maximum absolute atomic E-state index is 11.5. The van der Waals surface area contributed by atoms with Gasteiger partial charge in [-0.25, -0.2) is 12.7 Å². The molecule has 0 spiro atoms. The van der Waals surface area contributed by atoms with Crippen LogP contribution in [0.1, 0.15) is 24.1 Å². The lowest BCUT2D eigenvalue weighted by molar-refractivity contribution is 0.266. The third-order valence-corrected chi connectivity index (χ3v) is 4.72. The number of piperidine rings is 1. The molecule has 5 heteroatoms. The summed E-state index contributed by atoms with van der Waals surface area (Å²) in [5.41, 5.74) is 2.21. The molecule has 0 saturated carbocycles. The maximum Gasteiger partial charge on any atom is 0.211 e. The summed E-state index contributed by atoms with van der Waals surface area (Å²) in [5, 5.41) is 0. The van der Waals surface area contributed by atoms with Gasteiger partial charge in [0.05, 0.1) is 6.26 Å². The van der Waals surface area contributed by atoms with E-state index in [1.165, 1.54) is 11.8 Å². The first-order chi connectivity index (χ1) is 8.45. The molecule has 1 aromatic rings. The van der Waals surface area contributed by atoms with E-state index in [0.717, 1.165) is 25.0 Å². The molecule has 0 N–H and O–H groups in total. The van der Waals surface area contributed by atoms with Crippen molar-refractivity contribution in [3.8, 4) is 0 Å². The van der Waals surface area contributed by atoms with E-state index in [-0.39, 0.29) is 0 Å². The summed E-state index contributed by atoms with van der Waals surface area (Å²) < 4.78 is 24.7. The van der Waals surface area contributed by atoms with Gasteiger partial charge in [-0.1, -0.05) is 6.07 Å². The molecule has 1 saturated heterocycles. The number of rotatable bonds is 3. The van der Waals surface area contributed by atoms with Gasteiger partial charge < -0.3 is 0 Å². The number of hydrogen-bond donors (Lipinski definition) is 0. The highest BCUT2D eigenvalue weighted by molar-refractivity contribution is 7.88. The first kappa shape index (κ1) is 13.5. The fourth-order valence-corrected chi connectivity index (χ4v) is 3.39. The normalized spacial score (nSPS) is 22.0. The van der Waals surface area contributed by atoms with Gasteiger partial charge in [-0.15, -0.1) is 0 Å². The van der Waals surface area contributed by atoms with Gasteiger partial charge in [-0.05, 0) is 43.7 Å². The van der Waals surface area contributed by atoms with Crippen LogP contribution in [0.25, 0.3) is 0 Å². The Balaban J connectivity index is 2.00. The van der Waals surface area contributed by atoms with Crippen molar-refractivity contribution in [3.63, 3.8) is 0 Å². The second-order valence-electron chi connectivity index (χ2n) is 5.14. The van der Waals surface area contributed by atoms with Crippen LogP contribution in [0, 0.1) is 12.8 Å². The van der Waals surface area contributed by atoms with Crippen LogP contribution in [-0.2, 0) is 16.4 Å². The summed E-state index contributed by atoms with van der Waals surface area (Å²) in [7, 11) is -3.04. The molecule has 1 aliphatic heterocycles. The molecule has 1 aliphatic rings. The van der Waals surface area contributed by atoms with Crippen molar-refractivity contribution in [2.75, 3.05) is 19.3 Å². The van der Waals surface area contributed by atoms with Crippen LogP contribution in [0.2, 0.25) is 0 Å². The van der Waals surface area contributed by atoms with Crippen molar-refractivity contribution in [2.24, 2.45) is 5.92 Å². The second kappa shape index (κ2) is 5.36. The highest BCUT2D eigenvalue weighted by Gasteiger charge is 2.25. The molecule has 2 rings (SSSR count). The van der Waals surface area contributed by atoms with Gasteiger partial charge in [0, 0.05) is 25.0 Å². The van der Waals surface area contributed by atoms with Gasteiger partial charge in [0.25, 0.3) is 0 Å².